The molecule has 0 aromatic carbocycles. The Hall–Kier alpha value is -3.82. The average Bonchev–Trinajstić information content (AvgIpc) is 3.43. The van der Waals surface area contributed by atoms with Gasteiger partial charge in [0.15, 0.2) is 0 Å². The zero-order valence-electron chi connectivity index (χ0n) is 19.4. The first-order chi connectivity index (χ1) is 15.0. The van der Waals surface area contributed by atoms with E-state index in [4.69, 9.17) is 0 Å². The Bertz CT molecular complexity index is 1300. The molecule has 0 bridgehead atoms. The number of nitrogens with one attached hydrogen (secondary N) is 1. The Labute approximate surface area is 186 Å². The van der Waals surface area contributed by atoms with E-state index < -0.39 is 0 Å². The van der Waals surface area contributed by atoms with Gasteiger partial charge in [-0.05, 0) is 26.0 Å². The minimum Gasteiger partial charge on any atom is -0.319 e. The molecule has 0 saturated carbocycles. The zero-order chi connectivity index (χ0) is 23.2. The normalized spacial score (nSPS) is 11.7. The summed E-state index contributed by atoms with van der Waals surface area (Å²) in [6, 6.07) is 3.65. The summed E-state index contributed by atoms with van der Waals surface area (Å²) in [4.78, 5) is 17.3. The second-order valence-corrected chi connectivity index (χ2v) is 8.89. The van der Waals surface area contributed by atoms with Crippen LogP contribution in [0, 0.1) is 13.8 Å². The molecule has 1 N–H and O–H groups in total. The van der Waals surface area contributed by atoms with Crippen molar-refractivity contribution in [2.75, 3.05) is 5.32 Å². The molecule has 32 heavy (non-hydrogen) atoms. The van der Waals surface area contributed by atoms with E-state index in [0.717, 1.165) is 28.3 Å². The van der Waals surface area contributed by atoms with Crippen LogP contribution in [0.2, 0.25) is 0 Å². The predicted molar refractivity (Wildman–Crippen MR) is 121 cm³/mol. The SMILES string of the molecule is Cc1ncc(NC(=O)c2cc(C(C)(C)C)nn2C)cc1-n1cc(-c2cnn(C)c2C)nn1. The van der Waals surface area contributed by atoms with Gasteiger partial charge in [0.2, 0.25) is 0 Å². The standard InChI is InChI=1S/C22H27N9O/c1-13-18(31-12-17(26-28-31)16-11-24-29(6)14(16)2)8-15(10-23-13)25-21(32)19-9-20(22(3,4)5)27-30(19)7/h8-12H,1-7H3,(H,25,32). The molecule has 0 spiro atoms. The molecule has 10 heteroatoms. The third-order valence-electron chi connectivity index (χ3n) is 5.45. The summed E-state index contributed by atoms with van der Waals surface area (Å²) in [5.41, 5.74) is 5.87. The number of carbonyl (C=O) groups is 1. The number of aryl methyl sites for hydroxylation is 3. The van der Waals surface area contributed by atoms with Crippen LogP contribution in [0.4, 0.5) is 5.69 Å². The second kappa shape index (κ2) is 7.70. The Balaban J connectivity index is 1.61. The first-order valence-corrected chi connectivity index (χ1v) is 10.3. The number of hydrogen-bond donors (Lipinski definition) is 1. The summed E-state index contributed by atoms with van der Waals surface area (Å²) in [5.74, 6) is -0.252. The van der Waals surface area contributed by atoms with Gasteiger partial charge < -0.3 is 5.32 Å². The van der Waals surface area contributed by atoms with Crippen molar-refractivity contribution in [2.24, 2.45) is 14.1 Å². The van der Waals surface area contributed by atoms with E-state index >= 15 is 0 Å². The van der Waals surface area contributed by atoms with E-state index in [1.54, 1.807) is 33.5 Å². The molecular weight excluding hydrogens is 406 g/mol. The molecule has 0 unspecified atom stereocenters. The average molecular weight is 434 g/mol. The molecule has 0 fully saturated rings. The minimum absolute atomic E-state index is 0.147. The molecule has 166 valence electrons. The Kier molecular flexibility index (Phi) is 5.15. The topological polar surface area (TPSA) is 108 Å². The van der Waals surface area contributed by atoms with Crippen LogP contribution < -0.4 is 5.32 Å². The fourth-order valence-corrected chi connectivity index (χ4v) is 3.32. The van der Waals surface area contributed by atoms with Gasteiger partial charge in [-0.1, -0.05) is 26.0 Å². The molecule has 4 aromatic rings. The fourth-order valence-electron chi connectivity index (χ4n) is 3.32. The van der Waals surface area contributed by atoms with Gasteiger partial charge in [-0.2, -0.15) is 10.2 Å². The van der Waals surface area contributed by atoms with Crippen molar-refractivity contribution >= 4 is 11.6 Å². The highest BCUT2D eigenvalue weighted by atomic mass is 16.2. The monoisotopic (exact) mass is 433 g/mol. The lowest BCUT2D eigenvalue weighted by molar-refractivity contribution is 0.101. The summed E-state index contributed by atoms with van der Waals surface area (Å²) in [7, 11) is 3.65. The van der Waals surface area contributed by atoms with Gasteiger partial charge in [-0.15, -0.1) is 5.10 Å². The van der Waals surface area contributed by atoms with E-state index in [1.165, 1.54) is 0 Å². The van der Waals surface area contributed by atoms with Gasteiger partial charge in [-0.25, -0.2) is 4.68 Å². The lowest BCUT2D eigenvalue weighted by Crippen LogP contribution is -2.16. The first kappa shape index (κ1) is 21.4. The maximum Gasteiger partial charge on any atom is 0.273 e. The largest absolute Gasteiger partial charge is 0.319 e. The lowest BCUT2D eigenvalue weighted by Gasteiger charge is -2.13. The molecule has 0 atom stereocenters. The highest BCUT2D eigenvalue weighted by Gasteiger charge is 2.22. The number of rotatable bonds is 4. The van der Waals surface area contributed by atoms with Crippen LogP contribution in [-0.2, 0) is 19.5 Å². The quantitative estimate of drug-likeness (QED) is 0.530. The fraction of sp³-hybridized carbons (Fsp3) is 0.364. The summed E-state index contributed by atoms with van der Waals surface area (Å²) < 4.78 is 5.04. The number of pyridine rings is 1. The smallest absolute Gasteiger partial charge is 0.273 e. The molecule has 4 aromatic heterocycles. The van der Waals surface area contributed by atoms with Gasteiger partial charge in [-0.3, -0.25) is 19.1 Å². The maximum atomic E-state index is 12.9. The van der Waals surface area contributed by atoms with Crippen molar-refractivity contribution in [3.8, 4) is 16.9 Å². The minimum atomic E-state index is -0.252. The zero-order valence-corrected chi connectivity index (χ0v) is 19.4. The van der Waals surface area contributed by atoms with E-state index in [0.29, 0.717) is 17.1 Å². The van der Waals surface area contributed by atoms with Crippen molar-refractivity contribution in [3.05, 3.63) is 53.5 Å². The summed E-state index contributed by atoms with van der Waals surface area (Å²) in [6.07, 6.45) is 5.22. The van der Waals surface area contributed by atoms with Gasteiger partial charge in [0.05, 0.1) is 41.4 Å². The molecule has 1 amide bonds. The van der Waals surface area contributed by atoms with Crippen molar-refractivity contribution in [1.29, 1.82) is 0 Å². The van der Waals surface area contributed by atoms with Crippen molar-refractivity contribution in [2.45, 2.75) is 40.0 Å². The molecular formula is C22H27N9O. The third-order valence-corrected chi connectivity index (χ3v) is 5.45. The molecule has 10 nitrogen and oxygen atoms in total. The maximum absolute atomic E-state index is 12.9. The number of hydrogen-bond acceptors (Lipinski definition) is 6. The van der Waals surface area contributed by atoms with Crippen LogP contribution >= 0.6 is 0 Å². The number of nitrogens with zero attached hydrogens (tertiary/aromatic N) is 8. The van der Waals surface area contributed by atoms with E-state index in [9.17, 15) is 4.79 Å². The van der Waals surface area contributed by atoms with Gasteiger partial charge in [0.1, 0.15) is 11.4 Å². The highest BCUT2D eigenvalue weighted by Crippen LogP contribution is 2.24. The van der Waals surface area contributed by atoms with Gasteiger partial charge in [0.25, 0.3) is 5.91 Å². The van der Waals surface area contributed by atoms with Gasteiger partial charge in [0, 0.05) is 30.8 Å². The molecule has 4 heterocycles. The van der Waals surface area contributed by atoms with Crippen LogP contribution in [0.15, 0.2) is 30.7 Å². The lowest BCUT2D eigenvalue weighted by atomic mass is 9.92. The first-order valence-electron chi connectivity index (χ1n) is 10.3. The van der Waals surface area contributed by atoms with E-state index in [1.807, 2.05) is 39.2 Å². The van der Waals surface area contributed by atoms with Crippen LogP contribution in [0.3, 0.4) is 0 Å². The number of aromatic nitrogens is 8. The van der Waals surface area contributed by atoms with Crippen LogP contribution in [-0.4, -0.2) is 45.4 Å². The van der Waals surface area contributed by atoms with Crippen molar-refractivity contribution in [3.63, 3.8) is 0 Å². The molecule has 4 rings (SSSR count). The highest BCUT2D eigenvalue weighted by molar-refractivity contribution is 6.03. The van der Waals surface area contributed by atoms with E-state index in [-0.39, 0.29) is 11.3 Å². The Morgan fingerprint density at radius 1 is 1.06 bits per heavy atom. The summed E-state index contributed by atoms with van der Waals surface area (Å²) in [6.45, 7) is 10.0. The Morgan fingerprint density at radius 3 is 2.44 bits per heavy atom. The van der Waals surface area contributed by atoms with Crippen LogP contribution in [0.5, 0.6) is 0 Å². The van der Waals surface area contributed by atoms with Crippen LogP contribution in [0.25, 0.3) is 16.9 Å². The molecule has 0 radical (unpaired) electrons. The van der Waals surface area contributed by atoms with Gasteiger partial charge >= 0.3 is 0 Å². The summed E-state index contributed by atoms with van der Waals surface area (Å²) >= 11 is 0. The van der Waals surface area contributed by atoms with E-state index in [2.05, 4.69) is 51.6 Å². The molecule has 0 aliphatic carbocycles. The predicted octanol–water partition coefficient (Wildman–Crippen LogP) is 2.96. The van der Waals surface area contributed by atoms with Crippen molar-refractivity contribution in [1.82, 2.24) is 39.5 Å². The molecule has 0 aliphatic rings. The second-order valence-electron chi connectivity index (χ2n) is 8.89. The molecule has 0 saturated heterocycles. The van der Waals surface area contributed by atoms with Crippen LogP contribution in [0.1, 0.15) is 48.3 Å². The number of amides is 1. The summed E-state index contributed by atoms with van der Waals surface area (Å²) in [5, 5.41) is 20.2. The molecule has 0 aliphatic heterocycles. The number of anilines is 1. The van der Waals surface area contributed by atoms with Crippen molar-refractivity contribution < 1.29 is 4.79 Å². The number of carbonyl (C=O) groups excluding carboxylic acids is 1. The Morgan fingerprint density at radius 2 is 1.81 bits per heavy atom. The third kappa shape index (κ3) is 3.91.